The van der Waals surface area contributed by atoms with E-state index in [1.54, 1.807) is 24.3 Å². The quantitative estimate of drug-likeness (QED) is 0.711. The molecule has 25 heavy (non-hydrogen) atoms. The second-order valence-corrected chi connectivity index (χ2v) is 7.17. The Morgan fingerprint density at radius 2 is 1.64 bits per heavy atom. The molecule has 0 bridgehead atoms. The Labute approximate surface area is 146 Å². The Bertz CT molecular complexity index is 989. The predicted molar refractivity (Wildman–Crippen MR) is 96.6 cm³/mol. The molecular weight excluding hydrogens is 338 g/mol. The Morgan fingerprint density at radius 3 is 2.44 bits per heavy atom. The van der Waals surface area contributed by atoms with Crippen LogP contribution in [0.4, 0.5) is 5.82 Å². The topological polar surface area (TPSA) is 88.2 Å². The smallest absolute Gasteiger partial charge is 0.240 e. The maximum Gasteiger partial charge on any atom is 0.240 e. The molecule has 0 atom stereocenters. The fourth-order valence-corrected chi connectivity index (χ4v) is 3.38. The molecule has 0 aliphatic heterocycles. The van der Waals surface area contributed by atoms with E-state index >= 15 is 0 Å². The van der Waals surface area contributed by atoms with Crippen molar-refractivity contribution in [3.63, 3.8) is 0 Å². The molecule has 0 saturated heterocycles. The fraction of sp³-hybridized carbons (Fsp3) is 0.111. The lowest BCUT2D eigenvalue weighted by atomic mass is 10.2. The summed E-state index contributed by atoms with van der Waals surface area (Å²) >= 11 is 0. The predicted octanol–water partition coefficient (Wildman–Crippen LogP) is 2.54. The van der Waals surface area contributed by atoms with E-state index in [0.29, 0.717) is 5.82 Å². The van der Waals surface area contributed by atoms with Crippen LogP contribution < -0.4 is 10.0 Å². The van der Waals surface area contributed by atoms with Crippen molar-refractivity contribution < 1.29 is 13.2 Å². The first-order valence-electron chi connectivity index (χ1n) is 7.75. The number of para-hydroxylation sites is 1. The van der Waals surface area contributed by atoms with Crippen molar-refractivity contribution in [2.24, 2.45) is 0 Å². The van der Waals surface area contributed by atoms with E-state index in [2.05, 4.69) is 15.0 Å². The second-order valence-electron chi connectivity index (χ2n) is 5.40. The molecule has 0 saturated carbocycles. The summed E-state index contributed by atoms with van der Waals surface area (Å²) in [6, 6.07) is 19.2. The number of carbonyl (C=O) groups is 1. The van der Waals surface area contributed by atoms with Crippen molar-refractivity contribution in [3.05, 3.63) is 66.7 Å². The fourth-order valence-electron chi connectivity index (χ4n) is 2.32. The second kappa shape index (κ2) is 7.42. The minimum atomic E-state index is -3.60. The van der Waals surface area contributed by atoms with E-state index in [0.717, 1.165) is 10.9 Å². The van der Waals surface area contributed by atoms with Gasteiger partial charge < -0.3 is 5.32 Å². The van der Waals surface area contributed by atoms with Gasteiger partial charge in [-0.3, -0.25) is 4.79 Å². The molecule has 3 rings (SSSR count). The van der Waals surface area contributed by atoms with Crippen LogP contribution in [-0.4, -0.2) is 25.9 Å². The van der Waals surface area contributed by atoms with Crippen LogP contribution in [0.1, 0.15) is 6.42 Å². The lowest BCUT2D eigenvalue weighted by Crippen LogP contribution is -2.27. The Balaban J connectivity index is 1.55. The molecule has 0 aliphatic carbocycles. The highest BCUT2D eigenvalue weighted by Gasteiger charge is 2.13. The van der Waals surface area contributed by atoms with Gasteiger partial charge in [0.25, 0.3) is 0 Å². The normalized spacial score (nSPS) is 11.4. The van der Waals surface area contributed by atoms with Gasteiger partial charge >= 0.3 is 0 Å². The summed E-state index contributed by atoms with van der Waals surface area (Å²) in [4.78, 5) is 16.5. The third-order valence-corrected chi connectivity index (χ3v) is 5.04. The molecule has 1 aromatic heterocycles. The third kappa shape index (κ3) is 4.40. The van der Waals surface area contributed by atoms with Gasteiger partial charge in [-0.05, 0) is 30.3 Å². The Hall–Kier alpha value is -2.77. The average molecular weight is 355 g/mol. The number of amides is 1. The summed E-state index contributed by atoms with van der Waals surface area (Å²) in [6.07, 6.45) is 0.0145. The molecule has 128 valence electrons. The van der Waals surface area contributed by atoms with Crippen LogP contribution in [0.3, 0.4) is 0 Å². The van der Waals surface area contributed by atoms with Gasteiger partial charge in [-0.2, -0.15) is 0 Å². The number of anilines is 1. The average Bonchev–Trinajstić information content (AvgIpc) is 2.62. The summed E-state index contributed by atoms with van der Waals surface area (Å²) in [5.41, 5.74) is 0.782. The number of pyridine rings is 1. The molecule has 2 N–H and O–H groups in total. The molecule has 3 aromatic rings. The van der Waals surface area contributed by atoms with E-state index in [-0.39, 0.29) is 23.8 Å². The summed E-state index contributed by atoms with van der Waals surface area (Å²) in [5, 5.41) is 3.66. The third-order valence-electron chi connectivity index (χ3n) is 3.56. The molecule has 1 amide bonds. The van der Waals surface area contributed by atoms with Gasteiger partial charge in [-0.15, -0.1) is 0 Å². The zero-order valence-electron chi connectivity index (χ0n) is 13.3. The monoisotopic (exact) mass is 355 g/mol. The number of nitrogens with one attached hydrogen (secondary N) is 2. The summed E-state index contributed by atoms with van der Waals surface area (Å²) in [7, 11) is -3.60. The van der Waals surface area contributed by atoms with Crippen LogP contribution in [0.2, 0.25) is 0 Å². The minimum Gasteiger partial charge on any atom is -0.311 e. The minimum absolute atomic E-state index is 0.0106. The van der Waals surface area contributed by atoms with E-state index in [4.69, 9.17) is 0 Å². The zero-order chi connectivity index (χ0) is 17.7. The highest BCUT2D eigenvalue weighted by molar-refractivity contribution is 7.89. The highest BCUT2D eigenvalue weighted by Crippen LogP contribution is 2.14. The molecule has 7 heteroatoms. The summed E-state index contributed by atoms with van der Waals surface area (Å²) in [5.74, 6) is 0.133. The molecule has 0 aliphatic rings. The summed E-state index contributed by atoms with van der Waals surface area (Å²) in [6.45, 7) is 0.0106. The SMILES string of the molecule is O=C(CCNS(=O)(=O)c1ccccc1)Nc1ccc2ccccc2n1. The lowest BCUT2D eigenvalue weighted by molar-refractivity contribution is -0.116. The number of aromatic nitrogens is 1. The van der Waals surface area contributed by atoms with Crippen molar-refractivity contribution in [1.82, 2.24) is 9.71 Å². The number of sulfonamides is 1. The molecule has 0 radical (unpaired) electrons. The van der Waals surface area contributed by atoms with Crippen molar-refractivity contribution >= 4 is 32.7 Å². The van der Waals surface area contributed by atoms with Crippen LogP contribution in [-0.2, 0) is 14.8 Å². The van der Waals surface area contributed by atoms with Crippen LogP contribution >= 0.6 is 0 Å². The van der Waals surface area contributed by atoms with E-state index in [9.17, 15) is 13.2 Å². The Kier molecular flexibility index (Phi) is 5.06. The number of rotatable bonds is 6. The molecule has 0 fully saturated rings. The highest BCUT2D eigenvalue weighted by atomic mass is 32.2. The van der Waals surface area contributed by atoms with E-state index < -0.39 is 10.0 Å². The molecule has 2 aromatic carbocycles. The summed E-state index contributed by atoms with van der Waals surface area (Å²) < 4.78 is 26.5. The van der Waals surface area contributed by atoms with Gasteiger partial charge in [0, 0.05) is 18.4 Å². The zero-order valence-corrected chi connectivity index (χ0v) is 14.2. The first-order chi connectivity index (χ1) is 12.0. The number of carbonyl (C=O) groups excluding carboxylic acids is 1. The molecule has 6 nitrogen and oxygen atoms in total. The van der Waals surface area contributed by atoms with Gasteiger partial charge in [0.05, 0.1) is 10.4 Å². The van der Waals surface area contributed by atoms with Crippen LogP contribution in [0.15, 0.2) is 71.6 Å². The van der Waals surface area contributed by atoms with E-state index in [1.807, 2.05) is 30.3 Å². The first kappa shape index (κ1) is 17.1. The maximum atomic E-state index is 12.1. The standard InChI is InChI=1S/C18H17N3O3S/c22-18(12-13-19-25(23,24)15-7-2-1-3-8-15)21-17-11-10-14-6-4-5-9-16(14)20-17/h1-11,19H,12-13H2,(H,20,21,22). The maximum absolute atomic E-state index is 12.1. The Morgan fingerprint density at radius 1 is 0.920 bits per heavy atom. The van der Waals surface area contributed by atoms with E-state index in [1.165, 1.54) is 12.1 Å². The van der Waals surface area contributed by atoms with Gasteiger partial charge in [0.2, 0.25) is 15.9 Å². The molecular formula is C18H17N3O3S. The molecule has 0 spiro atoms. The number of fused-ring (bicyclic) bond motifs is 1. The number of nitrogens with zero attached hydrogens (tertiary/aromatic N) is 1. The number of hydrogen-bond acceptors (Lipinski definition) is 4. The molecule has 0 unspecified atom stereocenters. The van der Waals surface area contributed by atoms with Crippen LogP contribution in [0.5, 0.6) is 0 Å². The van der Waals surface area contributed by atoms with Crippen molar-refractivity contribution in [2.75, 3.05) is 11.9 Å². The van der Waals surface area contributed by atoms with Crippen molar-refractivity contribution in [3.8, 4) is 0 Å². The first-order valence-corrected chi connectivity index (χ1v) is 9.23. The van der Waals surface area contributed by atoms with Gasteiger partial charge in [0.1, 0.15) is 5.82 Å². The van der Waals surface area contributed by atoms with Gasteiger partial charge in [-0.25, -0.2) is 18.1 Å². The van der Waals surface area contributed by atoms with Crippen LogP contribution in [0, 0.1) is 0 Å². The van der Waals surface area contributed by atoms with Gasteiger partial charge in [0.15, 0.2) is 0 Å². The number of hydrogen-bond donors (Lipinski definition) is 2. The van der Waals surface area contributed by atoms with Gasteiger partial charge in [-0.1, -0.05) is 36.4 Å². The number of benzene rings is 2. The molecule has 1 heterocycles. The van der Waals surface area contributed by atoms with Crippen molar-refractivity contribution in [2.45, 2.75) is 11.3 Å². The largest absolute Gasteiger partial charge is 0.311 e. The lowest BCUT2D eigenvalue weighted by Gasteiger charge is -2.08. The van der Waals surface area contributed by atoms with Crippen molar-refractivity contribution in [1.29, 1.82) is 0 Å². The van der Waals surface area contributed by atoms with Crippen LogP contribution in [0.25, 0.3) is 10.9 Å².